The molecule has 1 fully saturated rings. The number of aromatic nitrogens is 5. The Hall–Kier alpha value is -3.09. The molecule has 3 aromatic heterocycles. The van der Waals surface area contributed by atoms with Crippen molar-refractivity contribution in [1.82, 2.24) is 34.1 Å². The van der Waals surface area contributed by atoms with E-state index in [9.17, 15) is 13.2 Å². The lowest BCUT2D eigenvalue weighted by Crippen LogP contribution is -2.47. The van der Waals surface area contributed by atoms with E-state index < -0.39 is 10.0 Å². The van der Waals surface area contributed by atoms with Crippen LogP contribution in [0.2, 0.25) is 0 Å². The van der Waals surface area contributed by atoms with Crippen molar-refractivity contribution in [1.29, 1.82) is 0 Å². The number of rotatable bonds is 5. The predicted octanol–water partition coefficient (Wildman–Crippen LogP) is 1.35. The number of piperazine rings is 1. The highest BCUT2D eigenvalue weighted by atomic mass is 32.2. The number of hydrogen-bond acceptors (Lipinski definition) is 8. The van der Waals surface area contributed by atoms with Crippen LogP contribution in [-0.4, -0.2) is 75.8 Å². The Bertz CT molecular complexity index is 1510. The summed E-state index contributed by atoms with van der Waals surface area (Å²) < 4.78 is 35.2. The monoisotopic (exact) mass is 471 g/mol. The molecule has 0 amide bonds. The molecule has 0 bridgehead atoms. The molecule has 4 heterocycles. The van der Waals surface area contributed by atoms with E-state index in [1.165, 1.54) is 21.3 Å². The highest BCUT2D eigenvalue weighted by Crippen LogP contribution is 2.32. The molecule has 1 aliphatic rings. The van der Waals surface area contributed by atoms with Gasteiger partial charge in [0.25, 0.3) is 5.56 Å². The van der Waals surface area contributed by atoms with Crippen molar-refractivity contribution in [2.24, 2.45) is 7.05 Å². The van der Waals surface area contributed by atoms with Gasteiger partial charge < -0.3 is 14.4 Å². The van der Waals surface area contributed by atoms with E-state index in [1.807, 2.05) is 14.0 Å². The van der Waals surface area contributed by atoms with Crippen molar-refractivity contribution >= 4 is 32.0 Å². The number of nitrogens with one attached hydrogen (secondary N) is 1. The maximum absolute atomic E-state index is 13.4. The first-order chi connectivity index (χ1) is 15.8. The molecule has 4 aromatic rings. The summed E-state index contributed by atoms with van der Waals surface area (Å²) in [6.45, 7) is 4.17. The molecule has 0 spiro atoms. The van der Waals surface area contributed by atoms with E-state index in [2.05, 4.69) is 25.1 Å². The molecule has 0 aliphatic carbocycles. The average molecular weight is 472 g/mol. The lowest BCUT2D eigenvalue weighted by molar-refractivity contribution is 0.222. The molecule has 33 heavy (non-hydrogen) atoms. The fourth-order valence-corrected chi connectivity index (χ4v) is 5.72. The van der Waals surface area contributed by atoms with E-state index >= 15 is 0 Å². The van der Waals surface area contributed by atoms with E-state index in [1.54, 1.807) is 13.1 Å². The molecule has 0 saturated carbocycles. The van der Waals surface area contributed by atoms with Crippen LogP contribution >= 0.6 is 0 Å². The van der Waals surface area contributed by atoms with Gasteiger partial charge in [-0.15, -0.1) is 0 Å². The average Bonchev–Trinajstić information content (AvgIpc) is 3.38. The van der Waals surface area contributed by atoms with E-state index in [0.717, 1.165) is 12.1 Å². The summed E-state index contributed by atoms with van der Waals surface area (Å²) in [6, 6.07) is 3.05. The van der Waals surface area contributed by atoms with Crippen LogP contribution in [0, 0.1) is 0 Å². The summed E-state index contributed by atoms with van der Waals surface area (Å²) in [4.78, 5) is 22.6. The third-order valence-electron chi connectivity index (χ3n) is 6.03. The summed E-state index contributed by atoms with van der Waals surface area (Å²) in [7, 11) is -0.0784. The highest BCUT2D eigenvalue weighted by molar-refractivity contribution is 7.89. The first-order valence-corrected chi connectivity index (χ1v) is 12.3. The minimum atomic E-state index is -3.75. The maximum Gasteiger partial charge on any atom is 0.277 e. The Kier molecular flexibility index (Phi) is 5.30. The molecule has 1 saturated heterocycles. The number of fused-ring (bicyclic) bond motifs is 2. The van der Waals surface area contributed by atoms with Gasteiger partial charge in [-0.2, -0.15) is 9.40 Å². The van der Waals surface area contributed by atoms with Gasteiger partial charge in [0.15, 0.2) is 11.1 Å². The van der Waals surface area contributed by atoms with E-state index in [4.69, 9.17) is 4.52 Å². The maximum atomic E-state index is 13.4. The van der Waals surface area contributed by atoms with Crippen LogP contribution in [0.15, 0.2) is 32.5 Å². The molecule has 12 heteroatoms. The van der Waals surface area contributed by atoms with Crippen molar-refractivity contribution in [2.75, 3.05) is 33.2 Å². The Morgan fingerprint density at radius 2 is 1.91 bits per heavy atom. The molecule has 5 rings (SSSR count). The molecule has 1 aliphatic heterocycles. The first kappa shape index (κ1) is 21.7. The number of hydrogen-bond donors (Lipinski definition) is 1. The second kappa shape index (κ2) is 8.04. The van der Waals surface area contributed by atoms with Gasteiger partial charge in [0.05, 0.1) is 22.3 Å². The quantitative estimate of drug-likeness (QED) is 0.462. The zero-order valence-electron chi connectivity index (χ0n) is 18.7. The Morgan fingerprint density at radius 1 is 1.15 bits per heavy atom. The van der Waals surface area contributed by atoms with Crippen LogP contribution in [0.4, 0.5) is 0 Å². The molecular formula is C21H25N7O4S. The molecular weight excluding hydrogens is 446 g/mol. The summed E-state index contributed by atoms with van der Waals surface area (Å²) in [5.41, 5.74) is 1.96. The number of aromatic amines is 1. The highest BCUT2D eigenvalue weighted by Gasteiger charge is 2.29. The van der Waals surface area contributed by atoms with E-state index in [0.29, 0.717) is 60.2 Å². The summed E-state index contributed by atoms with van der Waals surface area (Å²) in [6.07, 6.45) is 2.98. The zero-order valence-corrected chi connectivity index (χ0v) is 19.5. The lowest BCUT2D eigenvalue weighted by Gasteiger charge is -2.31. The van der Waals surface area contributed by atoms with Crippen molar-refractivity contribution in [3.05, 3.63) is 34.4 Å². The van der Waals surface area contributed by atoms with Gasteiger partial charge in [0.2, 0.25) is 10.0 Å². The first-order valence-electron chi connectivity index (χ1n) is 10.8. The van der Waals surface area contributed by atoms with Crippen LogP contribution in [0.1, 0.15) is 19.0 Å². The minimum Gasteiger partial charge on any atom is -0.356 e. The van der Waals surface area contributed by atoms with Crippen LogP contribution in [0.25, 0.3) is 33.4 Å². The summed E-state index contributed by atoms with van der Waals surface area (Å²) in [5.74, 6) is 0.218. The number of H-pyrrole nitrogens is 1. The predicted molar refractivity (Wildman–Crippen MR) is 122 cm³/mol. The van der Waals surface area contributed by atoms with Crippen LogP contribution in [-0.2, 0) is 23.5 Å². The van der Waals surface area contributed by atoms with Gasteiger partial charge in [-0.1, -0.05) is 18.5 Å². The smallest absolute Gasteiger partial charge is 0.277 e. The second-order valence-electron chi connectivity index (χ2n) is 8.35. The largest absolute Gasteiger partial charge is 0.356 e. The van der Waals surface area contributed by atoms with Gasteiger partial charge in [-0.3, -0.25) is 9.48 Å². The van der Waals surface area contributed by atoms with Crippen molar-refractivity contribution in [3.63, 3.8) is 0 Å². The Labute approximate surface area is 190 Å². The van der Waals surface area contributed by atoms with Crippen molar-refractivity contribution < 1.29 is 12.9 Å². The lowest BCUT2D eigenvalue weighted by atomic mass is 10.1. The number of likely N-dealkylation sites (N-methyl/N-ethyl adjacent to an activating group) is 1. The van der Waals surface area contributed by atoms with Crippen molar-refractivity contribution in [2.45, 2.75) is 24.7 Å². The van der Waals surface area contributed by atoms with Crippen LogP contribution in [0.3, 0.4) is 0 Å². The summed E-state index contributed by atoms with van der Waals surface area (Å²) >= 11 is 0. The van der Waals surface area contributed by atoms with Crippen LogP contribution in [0.5, 0.6) is 0 Å². The van der Waals surface area contributed by atoms with Gasteiger partial charge in [-0.25, -0.2) is 13.4 Å². The molecule has 0 atom stereocenters. The molecule has 0 radical (unpaired) electrons. The SMILES string of the molecule is CCCc1nn(C)c2c(=O)[nH]c(-c3cc(S(=O)(=O)N4CCN(C)CC4)cc4cnoc34)nc12. The minimum absolute atomic E-state index is 0.112. The second-order valence-corrected chi connectivity index (χ2v) is 10.3. The molecule has 1 aromatic carbocycles. The Balaban J connectivity index is 1.69. The van der Waals surface area contributed by atoms with Gasteiger partial charge in [0, 0.05) is 38.6 Å². The number of nitrogens with zero attached hydrogens (tertiary/aromatic N) is 6. The summed E-state index contributed by atoms with van der Waals surface area (Å²) in [5, 5.41) is 8.80. The fourth-order valence-electron chi connectivity index (χ4n) is 4.24. The van der Waals surface area contributed by atoms with Gasteiger partial charge in [0.1, 0.15) is 11.3 Å². The topological polar surface area (TPSA) is 130 Å². The molecule has 1 N–H and O–H groups in total. The van der Waals surface area contributed by atoms with Crippen LogP contribution < -0.4 is 5.56 Å². The number of aryl methyl sites for hydroxylation is 2. The third-order valence-corrected chi connectivity index (χ3v) is 7.91. The third kappa shape index (κ3) is 3.63. The standard InChI is InChI=1S/C21H25N7O4S/c1-4-5-16-17-18(27(3)25-16)21(29)24-20(23-17)15-11-14(10-13-12-22-32-19(13)15)33(30,31)28-8-6-26(2)7-9-28/h10-12H,4-9H2,1-3H3,(H,23,24,29). The number of sulfonamides is 1. The Morgan fingerprint density at radius 3 is 2.64 bits per heavy atom. The zero-order chi connectivity index (χ0) is 23.3. The molecule has 0 unspecified atom stereocenters. The van der Waals surface area contributed by atoms with Gasteiger partial charge >= 0.3 is 0 Å². The molecule has 174 valence electrons. The normalized spacial score (nSPS) is 16.2. The van der Waals surface area contributed by atoms with Crippen molar-refractivity contribution in [3.8, 4) is 11.4 Å². The number of benzene rings is 1. The van der Waals surface area contributed by atoms with Gasteiger partial charge in [-0.05, 0) is 25.6 Å². The van der Waals surface area contributed by atoms with E-state index in [-0.39, 0.29) is 16.3 Å². The molecule has 11 nitrogen and oxygen atoms in total. The fraction of sp³-hybridized carbons (Fsp3) is 0.429.